The van der Waals surface area contributed by atoms with Gasteiger partial charge in [-0.3, -0.25) is 9.59 Å². The number of hydrazone groups is 1. The van der Waals surface area contributed by atoms with Crippen LogP contribution in [0.15, 0.2) is 76.3 Å². The van der Waals surface area contributed by atoms with Crippen molar-refractivity contribution in [1.29, 1.82) is 0 Å². The van der Waals surface area contributed by atoms with Gasteiger partial charge in [-0.2, -0.15) is 5.10 Å². The molecule has 0 bridgehead atoms. The van der Waals surface area contributed by atoms with E-state index < -0.39 is 5.97 Å². The van der Waals surface area contributed by atoms with Crippen molar-refractivity contribution in [3.05, 3.63) is 92.9 Å². The fourth-order valence-electron chi connectivity index (χ4n) is 3.39. The van der Waals surface area contributed by atoms with Crippen molar-refractivity contribution >= 4 is 51.5 Å². The minimum Gasteiger partial charge on any atom is -0.493 e. The van der Waals surface area contributed by atoms with Crippen molar-refractivity contribution in [2.75, 3.05) is 13.7 Å². The predicted octanol–water partition coefficient (Wildman–Crippen LogP) is 5.77. The van der Waals surface area contributed by atoms with Crippen LogP contribution < -0.4 is 20.2 Å². The molecule has 0 aliphatic heterocycles. The van der Waals surface area contributed by atoms with Crippen LogP contribution in [-0.2, 0) is 4.79 Å². The van der Waals surface area contributed by atoms with Gasteiger partial charge in [-0.05, 0) is 76.8 Å². The number of nitrogens with zero attached hydrogens (tertiary/aromatic N) is 1. The average molecular weight is 601 g/mol. The Kier molecular flexibility index (Phi) is 11.3. The topological polar surface area (TPSA) is 106 Å². The first kappa shape index (κ1) is 28.9. The van der Waals surface area contributed by atoms with Crippen LogP contribution in [0.3, 0.4) is 0 Å². The number of hydrogen-bond donors (Lipinski definition) is 2. The second-order valence-electron chi connectivity index (χ2n) is 8.12. The molecule has 3 aromatic rings. The molecule has 0 aromatic heterocycles. The van der Waals surface area contributed by atoms with Crippen LogP contribution in [-0.4, -0.2) is 37.7 Å². The van der Waals surface area contributed by atoms with Gasteiger partial charge in [-0.25, -0.2) is 10.2 Å². The number of halogens is 2. The van der Waals surface area contributed by atoms with Crippen LogP contribution in [0.1, 0.15) is 52.0 Å². The van der Waals surface area contributed by atoms with E-state index in [0.29, 0.717) is 51.3 Å². The second-order valence-corrected chi connectivity index (χ2v) is 9.38. The third-order valence-electron chi connectivity index (χ3n) is 5.37. The summed E-state index contributed by atoms with van der Waals surface area (Å²) in [6.07, 6.45) is 3.96. The number of unbranched alkanes of at least 4 members (excludes halogenated alkanes) is 2. The highest BCUT2D eigenvalue weighted by Crippen LogP contribution is 2.29. The Hall–Kier alpha value is -3.69. The van der Waals surface area contributed by atoms with Crippen molar-refractivity contribution in [2.24, 2.45) is 5.10 Å². The molecule has 0 heterocycles. The molecule has 0 atom stereocenters. The molecule has 0 radical (unpaired) electrons. The minimum absolute atomic E-state index is 0.213. The van der Waals surface area contributed by atoms with Crippen LogP contribution in [0.4, 0.5) is 0 Å². The molecule has 0 fully saturated rings. The smallest absolute Gasteiger partial charge is 0.344 e. The highest BCUT2D eigenvalue weighted by Gasteiger charge is 2.15. The maximum atomic E-state index is 12.5. The highest BCUT2D eigenvalue weighted by molar-refractivity contribution is 9.10. The first-order valence-electron chi connectivity index (χ1n) is 11.9. The molecule has 0 saturated carbocycles. The lowest BCUT2D eigenvalue weighted by atomic mass is 10.1. The molecule has 3 aromatic carbocycles. The van der Waals surface area contributed by atoms with E-state index >= 15 is 0 Å². The van der Waals surface area contributed by atoms with E-state index in [4.69, 9.17) is 21.1 Å². The van der Waals surface area contributed by atoms with Crippen LogP contribution in [0.5, 0.6) is 11.5 Å². The van der Waals surface area contributed by atoms with Gasteiger partial charge in [0.05, 0.1) is 29.5 Å². The van der Waals surface area contributed by atoms with Crippen molar-refractivity contribution < 1.29 is 23.9 Å². The summed E-state index contributed by atoms with van der Waals surface area (Å²) in [5.74, 6) is -0.339. The molecular weight excluding hydrogens is 574 g/mol. The van der Waals surface area contributed by atoms with Crippen LogP contribution in [0.25, 0.3) is 0 Å². The quantitative estimate of drug-likeness (QED) is 0.0903. The zero-order valence-electron chi connectivity index (χ0n) is 20.7. The minimum atomic E-state index is -0.521. The number of rotatable bonds is 12. The molecule has 2 amide bonds. The molecule has 0 unspecified atom stereocenters. The van der Waals surface area contributed by atoms with Crippen molar-refractivity contribution in [1.82, 2.24) is 10.7 Å². The zero-order chi connectivity index (χ0) is 27.3. The Bertz CT molecular complexity index is 1320. The first-order valence-corrected chi connectivity index (χ1v) is 13.1. The Morgan fingerprint density at radius 1 is 0.947 bits per heavy atom. The number of ether oxygens (including phenoxy) is 2. The Balaban J connectivity index is 1.38. The summed E-state index contributed by atoms with van der Waals surface area (Å²) < 4.78 is 11.4. The maximum Gasteiger partial charge on any atom is 0.344 e. The number of methoxy groups -OCH3 is 1. The third-order valence-corrected chi connectivity index (χ3v) is 6.39. The van der Waals surface area contributed by atoms with Crippen LogP contribution in [0, 0.1) is 0 Å². The zero-order valence-corrected chi connectivity index (χ0v) is 23.1. The maximum absolute atomic E-state index is 12.5. The van der Waals surface area contributed by atoms with Crippen molar-refractivity contribution in [3.63, 3.8) is 0 Å². The fraction of sp³-hybridized carbons (Fsp3) is 0.214. The van der Waals surface area contributed by atoms with Gasteiger partial charge in [0, 0.05) is 17.4 Å². The van der Waals surface area contributed by atoms with Crippen LogP contribution in [0.2, 0.25) is 5.02 Å². The van der Waals surface area contributed by atoms with Gasteiger partial charge >= 0.3 is 5.97 Å². The number of nitrogens with one attached hydrogen (secondary N) is 2. The van der Waals surface area contributed by atoms with E-state index in [1.807, 2.05) is 0 Å². The molecule has 38 heavy (non-hydrogen) atoms. The molecule has 0 saturated heterocycles. The third kappa shape index (κ3) is 8.71. The first-order chi connectivity index (χ1) is 18.4. The Labute approximate surface area is 234 Å². The molecule has 2 N–H and O–H groups in total. The summed E-state index contributed by atoms with van der Waals surface area (Å²) in [6.45, 7) is 0.500. The standard InChI is InChI=1S/C28H27BrClN3O5/c1-37-25-17-19(14-15-24(25)38-28(36)20-9-4-6-11-22(20)29)18-32-33-26(34)13-3-2-8-16-31-27(35)21-10-5-7-12-23(21)30/h4-7,9-12,14-15,17-18H,2-3,8,13,16H2,1H3,(H,31,35)(H,33,34). The lowest BCUT2D eigenvalue weighted by Crippen LogP contribution is -2.24. The number of carbonyl (C=O) groups is 3. The molecule has 0 aliphatic rings. The summed E-state index contributed by atoms with van der Waals surface area (Å²) in [5, 5.41) is 7.22. The SMILES string of the molecule is COc1cc(C=NNC(=O)CCCCCNC(=O)c2ccccc2Cl)ccc1OC(=O)c1ccccc1Br. The van der Waals surface area contributed by atoms with Gasteiger partial charge in [-0.1, -0.05) is 42.3 Å². The lowest BCUT2D eigenvalue weighted by molar-refractivity contribution is -0.121. The number of carbonyl (C=O) groups excluding carboxylic acids is 3. The van der Waals surface area contributed by atoms with Crippen LogP contribution >= 0.6 is 27.5 Å². The number of amides is 2. The summed E-state index contributed by atoms with van der Waals surface area (Å²) >= 11 is 9.36. The van der Waals surface area contributed by atoms with E-state index in [1.54, 1.807) is 66.7 Å². The molecule has 198 valence electrons. The number of benzene rings is 3. The monoisotopic (exact) mass is 599 g/mol. The van der Waals surface area contributed by atoms with Gasteiger partial charge in [0.15, 0.2) is 11.5 Å². The molecular formula is C28H27BrClN3O5. The Morgan fingerprint density at radius 3 is 2.42 bits per heavy atom. The van der Waals surface area contributed by atoms with E-state index in [9.17, 15) is 14.4 Å². The van der Waals surface area contributed by atoms with Gasteiger partial charge in [0.2, 0.25) is 5.91 Å². The average Bonchev–Trinajstić information content (AvgIpc) is 2.91. The molecule has 10 heteroatoms. The summed E-state index contributed by atoms with van der Waals surface area (Å²) in [7, 11) is 1.47. The van der Waals surface area contributed by atoms with Gasteiger partial charge in [0.25, 0.3) is 5.91 Å². The predicted molar refractivity (Wildman–Crippen MR) is 150 cm³/mol. The van der Waals surface area contributed by atoms with E-state index in [-0.39, 0.29) is 17.6 Å². The Morgan fingerprint density at radius 2 is 1.68 bits per heavy atom. The van der Waals surface area contributed by atoms with E-state index in [1.165, 1.54) is 13.3 Å². The normalized spacial score (nSPS) is 10.7. The van der Waals surface area contributed by atoms with Crippen molar-refractivity contribution in [3.8, 4) is 11.5 Å². The molecule has 0 spiro atoms. The number of esters is 1. The summed E-state index contributed by atoms with van der Waals surface area (Å²) in [4.78, 5) is 36.6. The summed E-state index contributed by atoms with van der Waals surface area (Å²) in [5.41, 5.74) is 3.98. The van der Waals surface area contributed by atoms with E-state index in [0.717, 1.165) is 12.8 Å². The molecule has 8 nitrogen and oxygen atoms in total. The largest absolute Gasteiger partial charge is 0.493 e. The molecule has 3 rings (SSSR count). The van der Waals surface area contributed by atoms with E-state index in [2.05, 4.69) is 31.8 Å². The highest BCUT2D eigenvalue weighted by atomic mass is 79.9. The van der Waals surface area contributed by atoms with Crippen molar-refractivity contribution in [2.45, 2.75) is 25.7 Å². The lowest BCUT2D eigenvalue weighted by Gasteiger charge is -2.10. The molecule has 0 aliphatic carbocycles. The summed E-state index contributed by atoms with van der Waals surface area (Å²) in [6, 6.07) is 18.8. The van der Waals surface area contributed by atoms with Gasteiger partial charge in [-0.15, -0.1) is 0 Å². The number of hydrogen-bond acceptors (Lipinski definition) is 6. The van der Waals surface area contributed by atoms with Gasteiger partial charge in [0.1, 0.15) is 0 Å². The second kappa shape index (κ2) is 14.9. The van der Waals surface area contributed by atoms with Gasteiger partial charge < -0.3 is 14.8 Å². The fourth-order valence-corrected chi connectivity index (χ4v) is 4.06.